The highest BCUT2D eigenvalue weighted by Crippen LogP contribution is 2.66. The van der Waals surface area contributed by atoms with Crippen molar-refractivity contribution in [2.45, 2.75) is 132 Å². The molecule has 2 aromatic rings. The van der Waals surface area contributed by atoms with Crippen molar-refractivity contribution in [2.24, 2.45) is 5.92 Å². The van der Waals surface area contributed by atoms with Crippen LogP contribution in [0.4, 0.5) is 10.6 Å². The number of hydrogen-bond acceptors (Lipinski definition) is 23. The average molecular weight is 1230 g/mol. The van der Waals surface area contributed by atoms with Gasteiger partial charge in [-0.2, -0.15) is 13.6 Å². The molecular weight excluding hydrogens is 1170 g/mol. The molecule has 39 heteroatoms. The Balaban J connectivity index is 0.994. The number of phosphoric ester groups is 2. The zero-order chi connectivity index (χ0) is 57.4. The molecule has 4 heterocycles. The molecule has 0 bridgehead atoms. The molecular formula is C39H61N7O26P4S2. The molecule has 3 fully saturated rings. The zero-order valence-electron chi connectivity index (χ0n) is 41.2. The smallest absolute Gasteiger partial charge is 0.448 e. The molecule has 2 aromatic heterocycles. The number of phosphoric acid groups is 4. The van der Waals surface area contributed by atoms with Gasteiger partial charge in [-0.1, -0.05) is 47.3 Å². The van der Waals surface area contributed by atoms with Gasteiger partial charge >= 0.3 is 48.8 Å². The number of rotatable bonds is 31. The van der Waals surface area contributed by atoms with E-state index in [9.17, 15) is 71.8 Å². The first-order valence-corrected chi connectivity index (χ1v) is 32.4. The molecule has 1 saturated carbocycles. The standard InChI is InChI=1S/C39H61N7O26P4S2/c47-25(11-7-15-44-31(50)13-17-46(39(44)55)33-21-27(49)28(70-33)22-67-73(56,57)58)10-5-2-6-14-40-35(52)36(43-34(51)24-8-3-1-4-9-24)78-77-19-18-66-38(54)42-30-12-16-45(37(53)41-30)32-20-26(48)29(69-32)23-68-75(62,63)72-76(64,65)71-74(59,60)61/h12-13,16-17,24,26-29,32-33,36,48-49H,1-11,14-15,18-23H2,(H,40,52)(H,43,51)(H,62,63)(H,64,65)(H2,56,57,58)(H2,59,60,61)(H,41,42,53,54). The third-order valence-corrected chi connectivity index (χ3v) is 18.5. The van der Waals surface area contributed by atoms with Gasteiger partial charge in [0.25, 0.3) is 11.5 Å². The van der Waals surface area contributed by atoms with Gasteiger partial charge in [-0.25, -0.2) is 32.6 Å². The lowest BCUT2D eigenvalue weighted by Crippen LogP contribution is -2.46. The molecule has 33 nitrogen and oxygen atoms in total. The Morgan fingerprint density at radius 3 is 2.04 bits per heavy atom. The minimum Gasteiger partial charge on any atom is -0.448 e. The fourth-order valence-corrected chi connectivity index (χ4v) is 13.4. The van der Waals surface area contributed by atoms with Crippen LogP contribution < -0.4 is 32.9 Å². The molecule has 3 amide bonds. The summed E-state index contributed by atoms with van der Waals surface area (Å²) in [4.78, 5) is 148. The largest absolute Gasteiger partial charge is 0.490 e. The molecule has 78 heavy (non-hydrogen) atoms. The van der Waals surface area contributed by atoms with E-state index in [1.807, 2.05) is 0 Å². The maximum absolute atomic E-state index is 13.3. The number of Topliss-reactive ketones (excluding diaryl/α,β-unsaturated/α-hetero) is 1. The first-order chi connectivity index (χ1) is 36.6. The van der Waals surface area contributed by atoms with Crippen molar-refractivity contribution in [2.75, 3.05) is 37.4 Å². The second-order valence-electron chi connectivity index (χ2n) is 17.7. The molecule has 2 saturated heterocycles. The van der Waals surface area contributed by atoms with Crippen LogP contribution in [0.3, 0.4) is 0 Å². The molecule has 0 aromatic carbocycles. The summed E-state index contributed by atoms with van der Waals surface area (Å²) in [6, 6.07) is 2.31. The fourth-order valence-electron chi connectivity index (χ4n) is 8.03. The number of amides is 3. The molecule has 1 aliphatic carbocycles. The van der Waals surface area contributed by atoms with Crippen LogP contribution in [-0.2, 0) is 71.1 Å². The number of carbonyl (C=O) groups excluding carboxylic acids is 4. The Bertz CT molecular complexity index is 2770. The van der Waals surface area contributed by atoms with Gasteiger partial charge in [-0.3, -0.25) is 47.2 Å². The second kappa shape index (κ2) is 30.0. The van der Waals surface area contributed by atoms with E-state index in [4.69, 9.17) is 33.8 Å². The number of ether oxygens (including phenoxy) is 3. The highest BCUT2D eigenvalue weighted by molar-refractivity contribution is 8.77. The number of ketones is 1. The van der Waals surface area contributed by atoms with E-state index in [1.54, 1.807) is 0 Å². The van der Waals surface area contributed by atoms with Crippen molar-refractivity contribution in [3.63, 3.8) is 0 Å². The predicted octanol–water partition coefficient (Wildman–Crippen LogP) is 0.995. The summed E-state index contributed by atoms with van der Waals surface area (Å²) in [6.07, 6.45) is -0.446. The Morgan fingerprint density at radius 2 is 1.40 bits per heavy atom. The zero-order valence-corrected chi connectivity index (χ0v) is 46.4. The van der Waals surface area contributed by atoms with E-state index in [1.165, 1.54) is 12.3 Å². The van der Waals surface area contributed by atoms with E-state index in [-0.39, 0.29) is 81.0 Å². The quantitative estimate of drug-likeness (QED) is 0.0217. The van der Waals surface area contributed by atoms with Crippen LogP contribution >= 0.6 is 52.9 Å². The highest BCUT2D eigenvalue weighted by atomic mass is 33.1. The van der Waals surface area contributed by atoms with Crippen molar-refractivity contribution in [1.82, 2.24) is 29.3 Å². The molecule has 0 radical (unpaired) electrons. The van der Waals surface area contributed by atoms with Crippen LogP contribution in [0.5, 0.6) is 0 Å². The minimum absolute atomic E-state index is 0.0691. The van der Waals surface area contributed by atoms with Crippen LogP contribution in [0.15, 0.2) is 38.9 Å². The number of carbonyl (C=O) groups is 4. The third kappa shape index (κ3) is 22.1. The van der Waals surface area contributed by atoms with Gasteiger partial charge in [0.2, 0.25) is 5.91 Å². The van der Waals surface area contributed by atoms with Crippen LogP contribution in [-0.4, -0.2) is 144 Å². The molecule has 9 unspecified atom stereocenters. The predicted molar refractivity (Wildman–Crippen MR) is 270 cm³/mol. The normalized spacial score (nSPS) is 23.0. The van der Waals surface area contributed by atoms with Gasteiger partial charge in [0, 0.05) is 68.9 Å². The number of nitrogens with one attached hydrogen (secondary N) is 3. The first kappa shape index (κ1) is 65.3. The van der Waals surface area contributed by atoms with Gasteiger partial charge in [0.15, 0.2) is 5.37 Å². The van der Waals surface area contributed by atoms with Crippen LogP contribution in [0.25, 0.3) is 0 Å². The molecule has 9 atom stereocenters. The van der Waals surface area contributed by atoms with Gasteiger partial charge < -0.3 is 64.4 Å². The fraction of sp³-hybridized carbons (Fsp3) is 0.692. The topological polar surface area (TPSA) is 478 Å². The molecule has 440 valence electrons. The SMILES string of the molecule is O=C(CCCCCNC(=O)C(NC(=O)C1CCCCC1)SSCCOC(=O)Nc1ccn(C2CC(O)C(COP(=O)(O)OP(=O)(O)OP(=O)(O)O)O2)c(=O)n1)CCCn1c(=O)ccn(C2CC(O)C(COP(=O)(O)O)O2)c1=O. The maximum Gasteiger partial charge on any atom is 0.490 e. The number of hydrogen-bond donors (Lipinski definition) is 11. The summed E-state index contributed by atoms with van der Waals surface area (Å²) in [5.74, 6) is -1.19. The van der Waals surface area contributed by atoms with Crippen molar-refractivity contribution in [3.8, 4) is 0 Å². The number of anilines is 1. The highest BCUT2D eigenvalue weighted by Gasteiger charge is 2.43. The maximum atomic E-state index is 13.3. The van der Waals surface area contributed by atoms with E-state index < -0.39 is 116 Å². The van der Waals surface area contributed by atoms with E-state index in [2.05, 4.69) is 38.6 Å². The van der Waals surface area contributed by atoms with Crippen molar-refractivity contribution >= 4 is 82.4 Å². The third-order valence-electron chi connectivity index (χ3n) is 11.7. The molecule has 11 N–H and O–H groups in total. The number of nitrogens with zero attached hydrogens (tertiary/aromatic N) is 4. The van der Waals surface area contributed by atoms with E-state index in [0.717, 1.165) is 66.8 Å². The summed E-state index contributed by atoms with van der Waals surface area (Å²) in [6.45, 7) is -1.65. The van der Waals surface area contributed by atoms with Gasteiger partial charge in [-0.15, -0.1) is 0 Å². The summed E-state index contributed by atoms with van der Waals surface area (Å²) in [7, 11) is -19.6. The summed E-state index contributed by atoms with van der Waals surface area (Å²) in [5.41, 5.74) is -2.37. The Labute approximate surface area is 450 Å². The van der Waals surface area contributed by atoms with E-state index in [0.29, 0.717) is 32.1 Å². The Kier molecular flexibility index (Phi) is 25.1. The van der Waals surface area contributed by atoms with Crippen molar-refractivity contribution < 1.29 is 109 Å². The number of aromatic nitrogens is 4. The van der Waals surface area contributed by atoms with Crippen LogP contribution in [0, 0.1) is 5.92 Å². The molecule has 5 rings (SSSR count). The van der Waals surface area contributed by atoms with Crippen LogP contribution in [0.2, 0.25) is 0 Å². The summed E-state index contributed by atoms with van der Waals surface area (Å²) >= 11 is 0. The Hall–Kier alpha value is -3.50. The second-order valence-corrected chi connectivity index (χ2v) is 25.9. The van der Waals surface area contributed by atoms with Crippen LogP contribution in [0.1, 0.15) is 95.9 Å². The lowest BCUT2D eigenvalue weighted by Gasteiger charge is -2.24. The van der Waals surface area contributed by atoms with Gasteiger partial charge in [0.1, 0.15) is 42.9 Å². The number of unbranched alkanes of at least 4 members (excludes halogenated alkanes) is 2. The van der Waals surface area contributed by atoms with Crippen molar-refractivity contribution in [1.29, 1.82) is 0 Å². The minimum atomic E-state index is -5.80. The molecule has 2 aliphatic heterocycles. The summed E-state index contributed by atoms with van der Waals surface area (Å²) in [5, 5.41) is 27.5. The summed E-state index contributed by atoms with van der Waals surface area (Å²) < 4.78 is 80.7. The number of aliphatic hydroxyl groups excluding tert-OH is 2. The average Bonchev–Trinajstić information content (AvgIpc) is 3.93. The van der Waals surface area contributed by atoms with Crippen molar-refractivity contribution in [3.05, 3.63) is 55.8 Å². The molecule has 0 spiro atoms. The lowest BCUT2D eigenvalue weighted by atomic mass is 9.89. The molecule has 3 aliphatic rings. The lowest BCUT2D eigenvalue weighted by molar-refractivity contribution is -0.129. The van der Waals surface area contributed by atoms with Gasteiger partial charge in [-0.05, 0) is 38.2 Å². The number of aliphatic hydroxyl groups is 2. The first-order valence-electron chi connectivity index (χ1n) is 24.0. The van der Waals surface area contributed by atoms with E-state index >= 15 is 0 Å². The Morgan fingerprint density at radius 1 is 0.769 bits per heavy atom. The van der Waals surface area contributed by atoms with Gasteiger partial charge in [0.05, 0.1) is 25.4 Å². The monoisotopic (exact) mass is 1230 g/mol.